The Hall–Kier alpha value is -2.30. The van der Waals surface area contributed by atoms with Crippen LogP contribution in [0.3, 0.4) is 0 Å². The van der Waals surface area contributed by atoms with Crippen molar-refractivity contribution in [3.05, 3.63) is 58.9 Å². The summed E-state index contributed by atoms with van der Waals surface area (Å²) >= 11 is 0. The lowest BCUT2D eigenvalue weighted by Crippen LogP contribution is -2.17. The highest BCUT2D eigenvalue weighted by Crippen LogP contribution is 2.38. The van der Waals surface area contributed by atoms with Crippen molar-refractivity contribution in [2.75, 3.05) is 4.72 Å². The number of rotatable bonds is 3. The van der Waals surface area contributed by atoms with Crippen LogP contribution in [-0.2, 0) is 22.4 Å². The van der Waals surface area contributed by atoms with Crippen LogP contribution in [0.2, 0.25) is 0 Å². The Morgan fingerprint density at radius 2 is 1.35 bits per heavy atom. The zero-order chi connectivity index (χ0) is 19.9. The fraction of sp³-hybridized carbons (Fsp3) is 0.200. The average molecular weight is 401 g/mol. The first-order chi connectivity index (χ1) is 11.7. The van der Waals surface area contributed by atoms with Crippen molar-refractivity contribution in [3.63, 3.8) is 0 Å². The van der Waals surface area contributed by atoms with E-state index in [1.54, 1.807) is 4.72 Å². The Kier molecular flexibility index (Phi) is 4.97. The van der Waals surface area contributed by atoms with E-state index in [1.165, 1.54) is 6.92 Å². The minimum atomic E-state index is -5.13. The smallest absolute Gasteiger partial charge is 0.280 e. The van der Waals surface area contributed by atoms with Crippen molar-refractivity contribution < 1.29 is 39.2 Å². The normalized spacial score (nSPS) is 12.9. The predicted molar refractivity (Wildman–Crippen MR) is 78.4 cm³/mol. The van der Waals surface area contributed by atoms with E-state index in [0.717, 1.165) is 12.1 Å². The first-order valence-corrected chi connectivity index (χ1v) is 8.27. The third-order valence-corrected chi connectivity index (χ3v) is 4.80. The zero-order valence-corrected chi connectivity index (χ0v) is 13.7. The van der Waals surface area contributed by atoms with Crippen LogP contribution in [0, 0.1) is 12.7 Å². The van der Waals surface area contributed by atoms with E-state index in [1.807, 2.05) is 0 Å². The van der Waals surface area contributed by atoms with Gasteiger partial charge in [-0.25, -0.2) is 12.8 Å². The fourth-order valence-corrected chi connectivity index (χ4v) is 3.39. The molecule has 1 N–H and O–H groups in total. The van der Waals surface area contributed by atoms with Crippen LogP contribution in [0.1, 0.15) is 16.7 Å². The Morgan fingerprint density at radius 1 is 0.846 bits per heavy atom. The van der Waals surface area contributed by atoms with Crippen LogP contribution < -0.4 is 4.72 Å². The fourth-order valence-electron chi connectivity index (χ4n) is 2.09. The molecule has 0 saturated carbocycles. The molecular weight excluding hydrogens is 391 g/mol. The third kappa shape index (κ3) is 4.45. The molecule has 0 radical (unpaired) electrons. The van der Waals surface area contributed by atoms with Gasteiger partial charge in [0.25, 0.3) is 10.0 Å². The van der Waals surface area contributed by atoms with Crippen LogP contribution >= 0.6 is 0 Å². The van der Waals surface area contributed by atoms with Crippen LogP contribution in [0.4, 0.5) is 36.4 Å². The van der Waals surface area contributed by atoms with Gasteiger partial charge in [0, 0.05) is 0 Å². The van der Waals surface area contributed by atoms with Gasteiger partial charge < -0.3 is 0 Å². The number of nitrogens with one attached hydrogen (secondary N) is 1. The third-order valence-electron chi connectivity index (χ3n) is 3.28. The van der Waals surface area contributed by atoms with Crippen molar-refractivity contribution in [2.24, 2.45) is 0 Å². The standard InChI is InChI=1S/C15H10F7NO2S/c1-8-2-3-11(16)7-13(8)26(24,25)23-12-5-9(14(17,18)19)4-10(6-12)15(20,21)22/h2-7,23H,1H3. The molecule has 0 aromatic heterocycles. The summed E-state index contributed by atoms with van der Waals surface area (Å²) in [6.07, 6.45) is -10.3. The van der Waals surface area contributed by atoms with Gasteiger partial charge in [-0.1, -0.05) is 6.07 Å². The van der Waals surface area contributed by atoms with Gasteiger partial charge in [0.1, 0.15) is 5.82 Å². The number of anilines is 1. The van der Waals surface area contributed by atoms with Gasteiger partial charge in [-0.15, -0.1) is 0 Å². The first-order valence-electron chi connectivity index (χ1n) is 6.78. The highest BCUT2D eigenvalue weighted by atomic mass is 32.2. The van der Waals surface area contributed by atoms with Crippen molar-refractivity contribution in [3.8, 4) is 0 Å². The van der Waals surface area contributed by atoms with Gasteiger partial charge in [0.05, 0.1) is 21.7 Å². The highest BCUT2D eigenvalue weighted by molar-refractivity contribution is 7.92. The predicted octanol–water partition coefficient (Wildman–Crippen LogP) is 4.97. The van der Waals surface area contributed by atoms with Gasteiger partial charge >= 0.3 is 12.4 Å². The second-order valence-electron chi connectivity index (χ2n) is 5.31. The van der Waals surface area contributed by atoms with Crippen LogP contribution in [0.15, 0.2) is 41.3 Å². The summed E-state index contributed by atoms with van der Waals surface area (Å²) in [5.41, 5.74) is -4.25. The number of hydrogen-bond donors (Lipinski definition) is 1. The van der Waals surface area contributed by atoms with E-state index >= 15 is 0 Å². The number of alkyl halides is 6. The van der Waals surface area contributed by atoms with Gasteiger partial charge in [0.2, 0.25) is 0 Å². The Labute approximate surface area is 143 Å². The monoisotopic (exact) mass is 401 g/mol. The summed E-state index contributed by atoms with van der Waals surface area (Å²) < 4.78 is 116. The molecule has 2 aromatic carbocycles. The summed E-state index contributed by atoms with van der Waals surface area (Å²) in [6, 6.07) is 2.99. The minimum Gasteiger partial charge on any atom is -0.280 e. The van der Waals surface area contributed by atoms with E-state index in [-0.39, 0.29) is 23.8 Å². The molecule has 3 nitrogen and oxygen atoms in total. The Bertz CT molecular complexity index is 902. The molecule has 0 unspecified atom stereocenters. The molecule has 0 atom stereocenters. The zero-order valence-electron chi connectivity index (χ0n) is 12.8. The molecule has 0 aliphatic carbocycles. The minimum absolute atomic E-state index is 0.0573. The lowest BCUT2D eigenvalue weighted by molar-refractivity contribution is -0.143. The summed E-state index contributed by atoms with van der Waals surface area (Å²) in [5, 5.41) is 0. The van der Waals surface area contributed by atoms with E-state index in [9.17, 15) is 39.2 Å². The van der Waals surface area contributed by atoms with E-state index < -0.39 is 49.9 Å². The number of aryl methyl sites for hydroxylation is 1. The van der Waals surface area contributed by atoms with Crippen molar-refractivity contribution in [1.82, 2.24) is 0 Å². The maximum Gasteiger partial charge on any atom is 0.416 e. The lowest BCUT2D eigenvalue weighted by atomic mass is 10.1. The second kappa shape index (κ2) is 6.45. The van der Waals surface area contributed by atoms with E-state index in [0.29, 0.717) is 6.07 Å². The molecule has 2 rings (SSSR count). The summed E-state index contributed by atoms with van der Waals surface area (Å²) in [7, 11) is -4.62. The molecule has 0 aliphatic rings. The molecule has 0 heterocycles. The lowest BCUT2D eigenvalue weighted by Gasteiger charge is -2.16. The van der Waals surface area contributed by atoms with Crippen LogP contribution in [0.25, 0.3) is 0 Å². The molecule has 142 valence electrons. The molecule has 2 aromatic rings. The number of benzene rings is 2. The molecule has 0 amide bonds. The average Bonchev–Trinajstić information content (AvgIpc) is 2.47. The second-order valence-corrected chi connectivity index (χ2v) is 6.96. The van der Waals surface area contributed by atoms with Crippen LogP contribution in [0.5, 0.6) is 0 Å². The summed E-state index contributed by atoms with van der Waals surface area (Å²) in [6.45, 7) is 1.29. The molecule has 0 aliphatic heterocycles. The molecule has 0 saturated heterocycles. The molecule has 0 spiro atoms. The van der Waals surface area contributed by atoms with Crippen molar-refractivity contribution in [1.29, 1.82) is 0 Å². The van der Waals surface area contributed by atoms with Gasteiger partial charge in [-0.05, 0) is 42.8 Å². The number of halogens is 7. The Morgan fingerprint density at radius 3 is 1.81 bits per heavy atom. The molecular formula is C15H10F7NO2S. The van der Waals surface area contributed by atoms with Crippen molar-refractivity contribution >= 4 is 15.7 Å². The maximum absolute atomic E-state index is 13.3. The van der Waals surface area contributed by atoms with Crippen LogP contribution in [-0.4, -0.2) is 8.42 Å². The number of sulfonamides is 1. The van der Waals surface area contributed by atoms with E-state index in [2.05, 4.69) is 0 Å². The Balaban J connectivity index is 2.56. The SMILES string of the molecule is Cc1ccc(F)cc1S(=O)(=O)Nc1cc(C(F)(F)F)cc(C(F)(F)F)c1. The summed E-state index contributed by atoms with van der Waals surface area (Å²) in [4.78, 5) is -0.608. The highest BCUT2D eigenvalue weighted by Gasteiger charge is 2.37. The van der Waals surface area contributed by atoms with Crippen molar-refractivity contribution in [2.45, 2.75) is 24.2 Å². The number of hydrogen-bond acceptors (Lipinski definition) is 2. The topological polar surface area (TPSA) is 46.2 Å². The van der Waals surface area contributed by atoms with Gasteiger partial charge in [0.15, 0.2) is 0 Å². The van der Waals surface area contributed by atoms with Gasteiger partial charge in [-0.2, -0.15) is 26.3 Å². The molecule has 26 heavy (non-hydrogen) atoms. The first kappa shape index (κ1) is 20.0. The summed E-state index contributed by atoms with van der Waals surface area (Å²) in [5.74, 6) is -0.934. The molecule has 0 fully saturated rings. The maximum atomic E-state index is 13.3. The largest absolute Gasteiger partial charge is 0.416 e. The quantitative estimate of drug-likeness (QED) is 0.738. The van der Waals surface area contributed by atoms with Gasteiger partial charge in [-0.3, -0.25) is 4.72 Å². The molecule has 0 bridgehead atoms. The molecule has 11 heteroatoms. The van der Waals surface area contributed by atoms with E-state index in [4.69, 9.17) is 0 Å².